The zero-order valence-electron chi connectivity index (χ0n) is 16.2. The quantitative estimate of drug-likeness (QED) is 0.407. The van der Waals surface area contributed by atoms with E-state index in [2.05, 4.69) is 19.2 Å². The summed E-state index contributed by atoms with van der Waals surface area (Å²) in [5, 5.41) is 13.1. The topological polar surface area (TPSA) is 108 Å². The number of nitro groups is 1. The average Bonchev–Trinajstić information content (AvgIpc) is 2.67. The van der Waals surface area contributed by atoms with Crippen LogP contribution in [0.3, 0.4) is 0 Å². The molecule has 2 aromatic carbocycles. The van der Waals surface area contributed by atoms with Crippen LogP contribution in [0.4, 0.5) is 15.8 Å². The molecule has 0 aliphatic carbocycles. The lowest BCUT2D eigenvalue weighted by Gasteiger charge is -2.14. The Bertz CT molecular complexity index is 898. The van der Waals surface area contributed by atoms with E-state index in [9.17, 15) is 24.1 Å². The second kappa shape index (κ2) is 9.63. The van der Waals surface area contributed by atoms with E-state index in [0.29, 0.717) is 11.7 Å². The molecule has 0 aromatic heterocycles. The van der Waals surface area contributed by atoms with Crippen LogP contribution in [-0.4, -0.2) is 29.5 Å². The van der Waals surface area contributed by atoms with Crippen molar-refractivity contribution in [3.05, 3.63) is 64.0 Å². The van der Waals surface area contributed by atoms with Gasteiger partial charge < -0.3 is 14.8 Å². The van der Waals surface area contributed by atoms with Crippen LogP contribution in [0.25, 0.3) is 0 Å². The molecule has 1 amide bonds. The first-order valence-corrected chi connectivity index (χ1v) is 8.84. The third-order valence-corrected chi connectivity index (χ3v) is 3.99. The lowest BCUT2D eigenvalue weighted by molar-refractivity contribution is -0.387. The molecule has 0 aliphatic heterocycles. The summed E-state index contributed by atoms with van der Waals surface area (Å²) in [5.74, 6) is -1.64. The Hall–Kier alpha value is -3.49. The largest absolute Gasteiger partial charge is 0.482 e. The van der Waals surface area contributed by atoms with E-state index in [1.54, 1.807) is 12.1 Å². The molecule has 29 heavy (non-hydrogen) atoms. The zero-order chi connectivity index (χ0) is 21.6. The number of nitrogens with one attached hydrogen (secondary N) is 1. The maximum atomic E-state index is 13.3. The van der Waals surface area contributed by atoms with Gasteiger partial charge in [-0.1, -0.05) is 26.0 Å². The highest BCUT2D eigenvalue weighted by molar-refractivity contribution is 5.95. The van der Waals surface area contributed by atoms with E-state index in [0.717, 1.165) is 17.7 Å². The Labute approximate surface area is 166 Å². The van der Waals surface area contributed by atoms with E-state index < -0.39 is 34.4 Å². The molecule has 0 spiro atoms. The number of amides is 1. The lowest BCUT2D eigenvalue weighted by atomic mass is 10.0. The minimum atomic E-state index is -1.18. The molecule has 0 fully saturated rings. The predicted octanol–water partition coefficient (Wildman–Crippen LogP) is 3.81. The Morgan fingerprint density at radius 2 is 1.79 bits per heavy atom. The molecule has 2 aromatic rings. The fraction of sp³-hybridized carbons (Fsp3) is 0.300. The van der Waals surface area contributed by atoms with E-state index in [4.69, 9.17) is 9.47 Å². The van der Waals surface area contributed by atoms with Crippen LogP contribution in [0.15, 0.2) is 42.5 Å². The number of nitro benzene ring substituents is 1. The Morgan fingerprint density at radius 3 is 2.38 bits per heavy atom. The molecule has 1 atom stereocenters. The van der Waals surface area contributed by atoms with Crippen molar-refractivity contribution in [2.75, 3.05) is 11.9 Å². The molecule has 1 N–H and O–H groups in total. The van der Waals surface area contributed by atoms with Gasteiger partial charge in [0, 0.05) is 11.8 Å². The number of benzene rings is 2. The summed E-state index contributed by atoms with van der Waals surface area (Å²) < 4.78 is 23.7. The van der Waals surface area contributed by atoms with Gasteiger partial charge in [-0.15, -0.1) is 0 Å². The van der Waals surface area contributed by atoms with Gasteiger partial charge in [0.15, 0.2) is 12.7 Å². The van der Waals surface area contributed by atoms with Crippen LogP contribution in [0.1, 0.15) is 32.3 Å². The Kier molecular flexibility index (Phi) is 7.24. The van der Waals surface area contributed by atoms with Crippen molar-refractivity contribution in [3.63, 3.8) is 0 Å². The standard InChI is InChI=1S/C20H21FN2O6/c1-12(2)14-4-7-16(8-5-14)28-11-19(24)29-13(3)20(25)22-15-6-9-17(21)18(10-15)23(26)27/h4-10,12-13H,11H2,1-3H3,(H,22,25)/t13-/m0/s1. The maximum Gasteiger partial charge on any atom is 0.344 e. The Balaban J connectivity index is 1.86. The summed E-state index contributed by atoms with van der Waals surface area (Å²) >= 11 is 0. The number of anilines is 1. The summed E-state index contributed by atoms with van der Waals surface area (Å²) in [4.78, 5) is 33.8. The number of ether oxygens (including phenoxy) is 2. The van der Waals surface area contributed by atoms with Crippen molar-refractivity contribution >= 4 is 23.3 Å². The summed E-state index contributed by atoms with van der Waals surface area (Å²) in [6.07, 6.45) is -1.18. The zero-order valence-corrected chi connectivity index (χ0v) is 16.2. The van der Waals surface area contributed by atoms with Crippen LogP contribution in [0.2, 0.25) is 0 Å². The first-order valence-electron chi connectivity index (χ1n) is 8.84. The Morgan fingerprint density at radius 1 is 1.14 bits per heavy atom. The van der Waals surface area contributed by atoms with Gasteiger partial charge in [-0.2, -0.15) is 4.39 Å². The number of hydrogen-bond acceptors (Lipinski definition) is 6. The van der Waals surface area contributed by atoms with Gasteiger partial charge in [0.05, 0.1) is 4.92 Å². The fourth-order valence-corrected chi connectivity index (χ4v) is 2.35. The third-order valence-electron chi connectivity index (χ3n) is 3.99. The molecule has 0 heterocycles. The van der Waals surface area contributed by atoms with Crippen molar-refractivity contribution in [1.29, 1.82) is 0 Å². The van der Waals surface area contributed by atoms with Gasteiger partial charge in [0.2, 0.25) is 5.82 Å². The number of carbonyl (C=O) groups excluding carboxylic acids is 2. The molecular weight excluding hydrogens is 383 g/mol. The van der Waals surface area contributed by atoms with E-state index in [1.165, 1.54) is 13.0 Å². The maximum absolute atomic E-state index is 13.3. The SMILES string of the molecule is CC(C)c1ccc(OCC(=O)O[C@@H](C)C(=O)Nc2ccc(F)c([N+](=O)[O-])c2)cc1. The van der Waals surface area contributed by atoms with Crippen LogP contribution < -0.4 is 10.1 Å². The number of esters is 1. The fourth-order valence-electron chi connectivity index (χ4n) is 2.35. The van der Waals surface area contributed by atoms with Gasteiger partial charge in [-0.25, -0.2) is 4.79 Å². The van der Waals surface area contributed by atoms with E-state index >= 15 is 0 Å². The van der Waals surface area contributed by atoms with Gasteiger partial charge >= 0.3 is 11.7 Å². The molecule has 154 valence electrons. The molecule has 0 aliphatic rings. The number of carbonyl (C=O) groups is 2. The van der Waals surface area contributed by atoms with Crippen molar-refractivity contribution in [3.8, 4) is 5.75 Å². The first-order chi connectivity index (χ1) is 13.7. The molecule has 0 unspecified atom stereocenters. The monoisotopic (exact) mass is 404 g/mol. The highest BCUT2D eigenvalue weighted by Crippen LogP contribution is 2.22. The molecule has 9 heteroatoms. The summed E-state index contributed by atoms with van der Waals surface area (Å²) in [7, 11) is 0. The van der Waals surface area contributed by atoms with Crippen molar-refractivity contribution in [2.45, 2.75) is 32.8 Å². The molecule has 0 saturated carbocycles. The molecular formula is C20H21FN2O6. The first kappa shape index (κ1) is 21.8. The number of rotatable bonds is 8. The highest BCUT2D eigenvalue weighted by atomic mass is 19.1. The smallest absolute Gasteiger partial charge is 0.344 e. The number of halogens is 1. The van der Waals surface area contributed by atoms with E-state index in [1.807, 2.05) is 12.1 Å². The second-order valence-electron chi connectivity index (χ2n) is 6.56. The summed E-state index contributed by atoms with van der Waals surface area (Å²) in [5.41, 5.74) is 0.364. The summed E-state index contributed by atoms with van der Waals surface area (Å²) in [6, 6.07) is 10.2. The van der Waals surface area contributed by atoms with Crippen LogP contribution >= 0.6 is 0 Å². The summed E-state index contributed by atoms with van der Waals surface area (Å²) in [6.45, 7) is 5.07. The predicted molar refractivity (Wildman–Crippen MR) is 103 cm³/mol. The minimum absolute atomic E-state index is 0.00694. The normalized spacial score (nSPS) is 11.6. The van der Waals surface area contributed by atoms with Gasteiger partial charge in [-0.05, 0) is 42.7 Å². The van der Waals surface area contributed by atoms with Crippen molar-refractivity contribution in [1.82, 2.24) is 0 Å². The van der Waals surface area contributed by atoms with Crippen molar-refractivity contribution < 1.29 is 28.4 Å². The van der Waals surface area contributed by atoms with E-state index in [-0.39, 0.29) is 12.3 Å². The number of hydrogen-bond donors (Lipinski definition) is 1. The molecule has 0 saturated heterocycles. The highest BCUT2D eigenvalue weighted by Gasteiger charge is 2.20. The van der Waals surface area contributed by atoms with Crippen LogP contribution in [-0.2, 0) is 14.3 Å². The minimum Gasteiger partial charge on any atom is -0.482 e. The molecule has 0 bridgehead atoms. The van der Waals surface area contributed by atoms with Gasteiger partial charge in [0.25, 0.3) is 5.91 Å². The van der Waals surface area contributed by atoms with Crippen LogP contribution in [0.5, 0.6) is 5.75 Å². The third kappa shape index (κ3) is 6.27. The van der Waals surface area contributed by atoms with Crippen molar-refractivity contribution in [2.24, 2.45) is 0 Å². The second-order valence-corrected chi connectivity index (χ2v) is 6.56. The number of nitrogens with zero attached hydrogens (tertiary/aromatic N) is 1. The molecule has 8 nitrogen and oxygen atoms in total. The molecule has 0 radical (unpaired) electrons. The lowest BCUT2D eigenvalue weighted by Crippen LogP contribution is -2.31. The van der Waals surface area contributed by atoms with Gasteiger partial charge in [0.1, 0.15) is 5.75 Å². The van der Waals surface area contributed by atoms with Crippen LogP contribution in [0, 0.1) is 15.9 Å². The average molecular weight is 404 g/mol. The molecule has 2 rings (SSSR count). The van der Waals surface area contributed by atoms with Gasteiger partial charge in [-0.3, -0.25) is 14.9 Å².